The van der Waals surface area contributed by atoms with E-state index in [9.17, 15) is 48.3 Å². The minimum atomic E-state index is -1.67. The van der Waals surface area contributed by atoms with Crippen molar-refractivity contribution in [3.8, 4) is 0 Å². The number of nitrogens with one attached hydrogen (secondary N) is 9. The van der Waals surface area contributed by atoms with Gasteiger partial charge in [-0.05, 0) is 66.8 Å². The summed E-state index contributed by atoms with van der Waals surface area (Å²) in [7, 11) is 0. The van der Waals surface area contributed by atoms with Crippen LogP contribution in [0.1, 0.15) is 87.7 Å². The first-order chi connectivity index (χ1) is 33.1. The summed E-state index contributed by atoms with van der Waals surface area (Å²) < 4.78 is 0. The normalized spacial score (nSPS) is 20.8. The van der Waals surface area contributed by atoms with E-state index in [1.54, 1.807) is 44.3 Å². The molecule has 19 nitrogen and oxygen atoms in total. The Morgan fingerprint density at radius 3 is 2.06 bits per heavy atom. The summed E-state index contributed by atoms with van der Waals surface area (Å²) >= 11 is 0. The molecule has 1 aliphatic heterocycles. The molecular weight excluding hydrogens is 887 g/mol. The zero-order valence-electron chi connectivity index (χ0n) is 39.3. The van der Waals surface area contributed by atoms with Gasteiger partial charge >= 0.3 is 12.0 Å². The number of ketones is 1. The molecule has 7 atom stereocenters. The van der Waals surface area contributed by atoms with Gasteiger partial charge in [0.1, 0.15) is 36.3 Å². The van der Waals surface area contributed by atoms with E-state index < -0.39 is 95.9 Å². The molecule has 0 bridgehead atoms. The van der Waals surface area contributed by atoms with Crippen LogP contribution < -0.4 is 42.5 Å². The molecular formula is C50H63N9O10. The van der Waals surface area contributed by atoms with Crippen molar-refractivity contribution in [2.45, 2.75) is 115 Å². The summed E-state index contributed by atoms with van der Waals surface area (Å²) in [6, 6.07) is 13.5. The van der Waals surface area contributed by atoms with Gasteiger partial charge in [0.25, 0.3) is 0 Å². The highest BCUT2D eigenvalue weighted by molar-refractivity contribution is 6.06. The van der Waals surface area contributed by atoms with E-state index in [4.69, 9.17) is 0 Å². The number of carboxylic acids is 1. The van der Waals surface area contributed by atoms with Crippen LogP contribution in [0.15, 0.2) is 85.1 Å². The van der Waals surface area contributed by atoms with Crippen molar-refractivity contribution in [1.82, 2.24) is 42.2 Å². The molecule has 8 amide bonds. The SMILES string of the molecule is CCC(C)[C@H](NC(=O)NC1CCCCNC(=O)[C@H](Cc2ccccc2)NC(=O)[C@H](Cc2c[nH]c3ccccc23)NC(=O)[C@H](CC(C)C)NC(=O)[C@@H](CC(=O)c2ccccc2NC=O)NC1=O)C(=O)O. The van der Waals surface area contributed by atoms with Gasteiger partial charge in [-0.25, -0.2) is 9.59 Å². The lowest BCUT2D eigenvalue weighted by Crippen LogP contribution is -2.60. The van der Waals surface area contributed by atoms with E-state index in [0.717, 1.165) is 16.5 Å². The highest BCUT2D eigenvalue weighted by atomic mass is 16.4. The van der Waals surface area contributed by atoms with Crippen molar-refractivity contribution in [2.75, 3.05) is 11.9 Å². The molecule has 4 aromatic rings. The zero-order chi connectivity index (χ0) is 50.0. The third kappa shape index (κ3) is 15.2. The Balaban J connectivity index is 1.54. The van der Waals surface area contributed by atoms with Gasteiger partial charge in [-0.3, -0.25) is 33.6 Å². The topological polar surface area (TPSA) is 286 Å². The number of urea groups is 1. The summed E-state index contributed by atoms with van der Waals surface area (Å²) in [5.41, 5.74) is 2.40. The van der Waals surface area contributed by atoms with Crippen molar-refractivity contribution < 1.29 is 48.3 Å². The maximum Gasteiger partial charge on any atom is 0.326 e. The van der Waals surface area contributed by atoms with Crippen molar-refractivity contribution in [3.05, 3.63) is 102 Å². The molecule has 0 aliphatic carbocycles. The number of Topliss-reactive ketones (excluding diaryl/α,β-unsaturated/α-hetero) is 1. The molecule has 0 saturated carbocycles. The molecule has 2 unspecified atom stereocenters. The molecule has 0 radical (unpaired) electrons. The number of hydrogen-bond donors (Lipinski definition) is 10. The summed E-state index contributed by atoms with van der Waals surface area (Å²) in [5.74, 6) is -6.44. The number of para-hydroxylation sites is 2. The summed E-state index contributed by atoms with van der Waals surface area (Å²) in [6.07, 6.45) is 2.41. The Hall–Kier alpha value is -7.57. The second kappa shape index (κ2) is 25.5. The van der Waals surface area contributed by atoms with Crippen LogP contribution in [-0.2, 0) is 46.4 Å². The number of aliphatic carboxylic acids is 1. The van der Waals surface area contributed by atoms with Gasteiger partial charge in [-0.1, -0.05) is 94.8 Å². The number of aromatic amines is 1. The number of rotatable bonds is 16. The smallest absolute Gasteiger partial charge is 0.326 e. The van der Waals surface area contributed by atoms with Crippen molar-refractivity contribution in [3.63, 3.8) is 0 Å². The molecule has 5 rings (SSSR count). The quantitative estimate of drug-likeness (QED) is 0.0578. The number of carbonyl (C=O) groups is 9. The average Bonchev–Trinajstić information content (AvgIpc) is 3.73. The van der Waals surface area contributed by atoms with Crippen LogP contribution in [0.25, 0.3) is 10.9 Å². The third-order valence-corrected chi connectivity index (χ3v) is 12.1. The molecule has 1 aliphatic rings. The minimum absolute atomic E-state index is 0.0163. The second-order valence-electron chi connectivity index (χ2n) is 17.7. The van der Waals surface area contributed by atoms with Gasteiger partial charge in [-0.15, -0.1) is 0 Å². The number of fused-ring (bicyclic) bond motifs is 1. The first-order valence-electron chi connectivity index (χ1n) is 23.3. The minimum Gasteiger partial charge on any atom is -0.480 e. The summed E-state index contributed by atoms with van der Waals surface area (Å²) in [5, 5.41) is 32.0. The van der Waals surface area contributed by atoms with E-state index in [2.05, 4.69) is 47.5 Å². The highest BCUT2D eigenvalue weighted by Crippen LogP contribution is 2.21. The van der Waals surface area contributed by atoms with E-state index >= 15 is 0 Å². The van der Waals surface area contributed by atoms with Crippen LogP contribution in [0.4, 0.5) is 10.5 Å². The van der Waals surface area contributed by atoms with E-state index in [0.29, 0.717) is 18.4 Å². The number of benzene rings is 3. The predicted octanol–water partition coefficient (Wildman–Crippen LogP) is 3.25. The van der Waals surface area contributed by atoms with Crippen LogP contribution in [0.5, 0.6) is 0 Å². The zero-order valence-corrected chi connectivity index (χ0v) is 39.3. The first-order valence-corrected chi connectivity index (χ1v) is 23.3. The van der Waals surface area contributed by atoms with E-state index in [1.807, 2.05) is 56.3 Å². The van der Waals surface area contributed by atoms with Gasteiger partial charge in [-0.2, -0.15) is 0 Å². The Labute approximate surface area is 400 Å². The average molecular weight is 950 g/mol. The maximum absolute atomic E-state index is 14.5. The lowest BCUT2D eigenvalue weighted by molar-refractivity contribution is -0.140. The number of aromatic nitrogens is 1. The third-order valence-electron chi connectivity index (χ3n) is 12.1. The fourth-order valence-corrected chi connectivity index (χ4v) is 8.10. The van der Waals surface area contributed by atoms with Crippen LogP contribution >= 0.6 is 0 Å². The summed E-state index contributed by atoms with van der Waals surface area (Å²) in [4.78, 5) is 126. The fourth-order valence-electron chi connectivity index (χ4n) is 8.10. The largest absolute Gasteiger partial charge is 0.480 e. The standard InChI is InChI=1S/C50H63N9O10/c1-5-30(4)43(49(67)68)59-50(69)58-37-21-13-14-22-51-44(62)39(24-31-15-7-6-8-16-31)55-47(65)40(25-32-27-52-35-19-11-9-17-33(32)35)56-46(64)38(23-29(2)3)54-48(66)41(57-45(37)63)26-42(61)34-18-10-12-20-36(34)53-28-60/h6-12,15-20,27-30,37-41,43,52H,5,13-14,21-26H2,1-4H3,(H,51,62)(H,53,60)(H,54,66)(H,55,65)(H,56,64)(H,57,63)(H,67,68)(H2,58,59,69)/t30?,37?,38-,39-,40-,41+,43-/m0/s1. The fraction of sp³-hybridized carbons (Fsp3) is 0.420. The molecule has 1 fully saturated rings. The molecule has 1 saturated heterocycles. The number of H-pyrrole nitrogens is 1. The van der Waals surface area contributed by atoms with Crippen LogP contribution in [0.2, 0.25) is 0 Å². The molecule has 2 heterocycles. The van der Waals surface area contributed by atoms with Crippen LogP contribution in [0.3, 0.4) is 0 Å². The van der Waals surface area contributed by atoms with E-state index in [1.165, 1.54) is 12.1 Å². The van der Waals surface area contributed by atoms with Gasteiger partial charge in [0, 0.05) is 48.5 Å². The second-order valence-corrected chi connectivity index (χ2v) is 17.7. The Morgan fingerprint density at radius 2 is 1.36 bits per heavy atom. The molecule has 0 spiro atoms. The van der Waals surface area contributed by atoms with Crippen molar-refractivity contribution in [1.29, 1.82) is 0 Å². The van der Waals surface area contributed by atoms with Gasteiger partial charge in [0.05, 0.1) is 5.69 Å². The van der Waals surface area contributed by atoms with E-state index in [-0.39, 0.29) is 62.2 Å². The summed E-state index contributed by atoms with van der Waals surface area (Å²) in [6.45, 7) is 7.11. The predicted molar refractivity (Wildman–Crippen MR) is 258 cm³/mol. The van der Waals surface area contributed by atoms with Crippen LogP contribution in [-0.4, -0.2) is 107 Å². The number of amides is 8. The van der Waals surface area contributed by atoms with Gasteiger partial charge < -0.3 is 52.6 Å². The Kier molecular flexibility index (Phi) is 19.4. The first kappa shape index (κ1) is 52.4. The molecule has 3 aromatic carbocycles. The van der Waals surface area contributed by atoms with Gasteiger partial charge in [0.15, 0.2) is 5.78 Å². The lowest BCUT2D eigenvalue weighted by atomic mass is 9.98. The molecule has 10 N–H and O–H groups in total. The number of anilines is 1. The lowest BCUT2D eigenvalue weighted by Gasteiger charge is -2.28. The molecule has 1 aromatic heterocycles. The number of hydrogen-bond acceptors (Lipinski definition) is 9. The molecule has 69 heavy (non-hydrogen) atoms. The number of carbonyl (C=O) groups excluding carboxylic acids is 8. The molecule has 368 valence electrons. The van der Waals surface area contributed by atoms with Crippen molar-refractivity contribution >= 4 is 70.3 Å². The maximum atomic E-state index is 14.5. The van der Waals surface area contributed by atoms with Crippen LogP contribution in [0, 0.1) is 11.8 Å². The van der Waals surface area contributed by atoms with Crippen molar-refractivity contribution in [2.24, 2.45) is 11.8 Å². The Bertz CT molecular complexity index is 2460. The Morgan fingerprint density at radius 1 is 0.739 bits per heavy atom. The highest BCUT2D eigenvalue weighted by Gasteiger charge is 2.35. The monoisotopic (exact) mass is 949 g/mol. The number of carboxylic acid groups (broad SMARTS) is 1. The molecule has 19 heteroatoms. The van der Waals surface area contributed by atoms with Gasteiger partial charge in [0.2, 0.25) is 35.9 Å².